The van der Waals surface area contributed by atoms with E-state index in [0.29, 0.717) is 6.92 Å². The van der Waals surface area contributed by atoms with Gasteiger partial charge in [0.2, 0.25) is 5.91 Å². The van der Waals surface area contributed by atoms with Gasteiger partial charge in [0.05, 0.1) is 19.1 Å². The third kappa shape index (κ3) is 17.9. The first-order valence-electron chi connectivity index (χ1n) is 14.3. The minimum Gasteiger partial charge on any atom is -0.508 e. The Labute approximate surface area is 260 Å². The number of phenols is 1. The van der Waals surface area contributed by atoms with E-state index in [1.54, 1.807) is 6.07 Å². The van der Waals surface area contributed by atoms with E-state index in [2.05, 4.69) is 5.32 Å². The van der Waals surface area contributed by atoms with Crippen molar-refractivity contribution in [3.8, 4) is 5.75 Å². The van der Waals surface area contributed by atoms with Crippen molar-refractivity contribution in [1.82, 2.24) is 15.5 Å². The zero-order valence-corrected chi connectivity index (χ0v) is 26.9. The second-order valence-corrected chi connectivity index (χ2v) is 9.34. The van der Waals surface area contributed by atoms with Crippen molar-refractivity contribution in [2.24, 2.45) is 0 Å². The fourth-order valence-corrected chi connectivity index (χ4v) is 3.46. The van der Waals surface area contributed by atoms with Crippen LogP contribution < -0.4 is 10.6 Å². The molecule has 0 spiro atoms. The van der Waals surface area contributed by atoms with Gasteiger partial charge in [0.1, 0.15) is 18.1 Å². The van der Waals surface area contributed by atoms with E-state index in [9.17, 15) is 50.9 Å². The summed E-state index contributed by atoms with van der Waals surface area (Å²) in [6.45, 7) is 8.99. The van der Waals surface area contributed by atoms with Crippen molar-refractivity contribution in [3.63, 3.8) is 0 Å². The number of halogens is 6. The third-order valence-electron chi connectivity index (χ3n) is 5.52. The summed E-state index contributed by atoms with van der Waals surface area (Å²) < 4.78 is 76.0. The van der Waals surface area contributed by atoms with Crippen molar-refractivity contribution in [3.05, 3.63) is 65.0 Å². The Hall–Kier alpha value is -3.81. The number of aliphatic hydroxyl groups excluding tert-OH is 1. The SMILES string of the molecule is CC.CC.CCC(NC(=O)c1cccc(O)c1C)C(O)C(=O)N(CC(=O)NCC(F)(F)F)CC(C)(F)F.Cc1cccc(F)c1. The number of amides is 3. The lowest BCUT2D eigenvalue weighted by molar-refractivity contribution is -0.151. The molecule has 256 valence electrons. The zero-order valence-electron chi connectivity index (χ0n) is 26.9. The maximum Gasteiger partial charge on any atom is 0.405 e. The van der Waals surface area contributed by atoms with Gasteiger partial charge >= 0.3 is 6.18 Å². The van der Waals surface area contributed by atoms with Crippen LogP contribution in [0.2, 0.25) is 0 Å². The van der Waals surface area contributed by atoms with Crippen LogP contribution in [0.15, 0.2) is 42.5 Å². The maximum atomic E-state index is 13.5. The summed E-state index contributed by atoms with van der Waals surface area (Å²) in [4.78, 5) is 37.2. The normalized spacial score (nSPS) is 12.0. The average molecular weight is 654 g/mol. The molecule has 0 heterocycles. The summed E-state index contributed by atoms with van der Waals surface area (Å²) in [6.07, 6.45) is -6.86. The fraction of sp³-hybridized carbons (Fsp3) is 0.516. The predicted octanol–water partition coefficient (Wildman–Crippen LogP) is 5.92. The minimum absolute atomic E-state index is 0.0346. The van der Waals surface area contributed by atoms with Gasteiger partial charge in [0.15, 0.2) is 6.10 Å². The molecule has 14 heteroatoms. The van der Waals surface area contributed by atoms with Crippen LogP contribution in [0.5, 0.6) is 5.75 Å². The van der Waals surface area contributed by atoms with Crippen molar-refractivity contribution in [2.75, 3.05) is 19.6 Å². The number of hydrogen-bond donors (Lipinski definition) is 4. The molecule has 0 aromatic heterocycles. The van der Waals surface area contributed by atoms with Gasteiger partial charge in [-0.1, -0.05) is 52.8 Å². The van der Waals surface area contributed by atoms with Crippen molar-refractivity contribution in [2.45, 2.75) is 86.1 Å². The van der Waals surface area contributed by atoms with Crippen LogP contribution in [0.1, 0.15) is 69.4 Å². The van der Waals surface area contributed by atoms with Crippen LogP contribution in [0.4, 0.5) is 26.3 Å². The lowest BCUT2D eigenvalue weighted by atomic mass is 10.0. The highest BCUT2D eigenvalue weighted by atomic mass is 19.4. The van der Waals surface area contributed by atoms with Crippen LogP contribution in [0.25, 0.3) is 0 Å². The highest BCUT2D eigenvalue weighted by molar-refractivity contribution is 5.97. The number of aromatic hydroxyl groups is 1. The molecule has 2 unspecified atom stereocenters. The molecule has 4 N–H and O–H groups in total. The van der Waals surface area contributed by atoms with Crippen LogP contribution in [-0.4, -0.2) is 76.7 Å². The number of alkyl halides is 5. The Morgan fingerprint density at radius 2 is 1.51 bits per heavy atom. The number of benzene rings is 2. The van der Waals surface area contributed by atoms with Gasteiger partial charge in [0.25, 0.3) is 17.7 Å². The highest BCUT2D eigenvalue weighted by Crippen LogP contribution is 2.20. The minimum atomic E-state index is -4.75. The monoisotopic (exact) mass is 653 g/mol. The Kier molecular flexibility index (Phi) is 20.2. The standard InChI is InChI=1S/C20H26F5N3O5.C7H7F.2C2H6/c1-4-13(27-17(32)12-6-5-7-14(29)11(12)2)16(31)18(33)28(10-19(3,21)22)8-15(30)26-9-20(23,24)25;1-6-3-2-4-7(8)5-6;2*1-2/h5-7,13,16,29,31H,4,8-10H2,1-3H3,(H,26,30)(H,27,32);2-5H,1H3;2*1-2H3. The number of rotatable bonds is 10. The molecule has 8 nitrogen and oxygen atoms in total. The van der Waals surface area contributed by atoms with E-state index >= 15 is 0 Å². The molecule has 0 bridgehead atoms. The number of aryl methyl sites for hydroxylation is 1. The summed E-state index contributed by atoms with van der Waals surface area (Å²) in [5, 5.41) is 24.0. The summed E-state index contributed by atoms with van der Waals surface area (Å²) in [6, 6.07) is 9.33. The number of phenolic OH excluding ortho intramolecular Hbond substituents is 1. The Morgan fingerprint density at radius 1 is 0.956 bits per heavy atom. The van der Waals surface area contributed by atoms with Gasteiger partial charge in [-0.15, -0.1) is 0 Å². The number of carbonyl (C=O) groups is 3. The van der Waals surface area contributed by atoms with Crippen molar-refractivity contribution in [1.29, 1.82) is 0 Å². The largest absolute Gasteiger partial charge is 0.508 e. The molecule has 0 aliphatic rings. The first-order chi connectivity index (χ1) is 20.8. The Balaban J connectivity index is 0. The number of hydrogen-bond acceptors (Lipinski definition) is 5. The number of aliphatic hydroxyl groups is 1. The molecule has 2 rings (SSSR count). The molecule has 0 fully saturated rings. The molecule has 2 atom stereocenters. The summed E-state index contributed by atoms with van der Waals surface area (Å²) >= 11 is 0. The van der Waals surface area contributed by atoms with E-state index in [0.717, 1.165) is 5.56 Å². The van der Waals surface area contributed by atoms with E-state index in [1.807, 2.05) is 40.7 Å². The third-order valence-corrected chi connectivity index (χ3v) is 5.52. The van der Waals surface area contributed by atoms with E-state index in [-0.39, 0.29) is 34.0 Å². The number of nitrogens with one attached hydrogen (secondary N) is 2. The maximum absolute atomic E-state index is 13.5. The molecular weight excluding hydrogens is 608 g/mol. The lowest BCUT2D eigenvalue weighted by Gasteiger charge is -2.30. The summed E-state index contributed by atoms with van der Waals surface area (Å²) in [5.41, 5.74) is 1.22. The Morgan fingerprint density at radius 3 is 1.96 bits per heavy atom. The van der Waals surface area contributed by atoms with Crippen molar-refractivity contribution >= 4 is 17.7 Å². The van der Waals surface area contributed by atoms with Crippen molar-refractivity contribution < 1.29 is 50.9 Å². The molecular formula is C31H45F6N3O5. The van der Waals surface area contributed by atoms with Gasteiger partial charge in [-0.2, -0.15) is 13.2 Å². The van der Waals surface area contributed by atoms with Crippen LogP contribution >= 0.6 is 0 Å². The number of carbonyl (C=O) groups excluding carboxylic acids is 3. The second kappa shape index (κ2) is 21.0. The lowest BCUT2D eigenvalue weighted by Crippen LogP contribution is -2.55. The molecule has 2 aromatic rings. The molecule has 0 saturated carbocycles. The molecule has 0 aliphatic heterocycles. The highest BCUT2D eigenvalue weighted by Gasteiger charge is 2.36. The van der Waals surface area contributed by atoms with E-state index < -0.39 is 61.6 Å². The molecule has 45 heavy (non-hydrogen) atoms. The number of nitrogens with zero attached hydrogens (tertiary/aromatic N) is 1. The van der Waals surface area contributed by atoms with Gasteiger partial charge in [-0.05, 0) is 50.1 Å². The predicted molar refractivity (Wildman–Crippen MR) is 160 cm³/mol. The smallest absolute Gasteiger partial charge is 0.405 e. The Bertz CT molecular complexity index is 1170. The zero-order chi connectivity index (χ0) is 35.5. The summed E-state index contributed by atoms with van der Waals surface area (Å²) in [5.74, 6) is -7.36. The van der Waals surface area contributed by atoms with Gasteiger partial charge < -0.3 is 25.7 Å². The summed E-state index contributed by atoms with van der Waals surface area (Å²) in [7, 11) is 0. The van der Waals surface area contributed by atoms with Crippen LogP contribution in [0.3, 0.4) is 0 Å². The fourth-order valence-electron chi connectivity index (χ4n) is 3.46. The molecule has 3 amide bonds. The van der Waals surface area contributed by atoms with E-state index in [1.165, 1.54) is 49.5 Å². The first-order valence-corrected chi connectivity index (χ1v) is 14.3. The van der Waals surface area contributed by atoms with Crippen LogP contribution in [-0.2, 0) is 9.59 Å². The van der Waals surface area contributed by atoms with Gasteiger partial charge in [-0.25, -0.2) is 13.2 Å². The quantitative estimate of drug-likeness (QED) is 0.238. The van der Waals surface area contributed by atoms with Gasteiger partial charge in [-0.3, -0.25) is 14.4 Å². The average Bonchev–Trinajstić information content (AvgIpc) is 2.96. The molecule has 2 aromatic carbocycles. The van der Waals surface area contributed by atoms with Crippen LogP contribution in [0, 0.1) is 19.7 Å². The van der Waals surface area contributed by atoms with E-state index in [4.69, 9.17) is 0 Å². The molecule has 0 saturated heterocycles. The molecule has 0 radical (unpaired) electrons. The second-order valence-electron chi connectivity index (χ2n) is 9.34. The first kappa shape index (κ1) is 43.3. The molecule has 0 aliphatic carbocycles. The van der Waals surface area contributed by atoms with Gasteiger partial charge in [0, 0.05) is 18.1 Å². The topological polar surface area (TPSA) is 119 Å².